The molecule has 0 radical (unpaired) electrons. The summed E-state index contributed by atoms with van der Waals surface area (Å²) < 4.78 is 6.60. The quantitative estimate of drug-likeness (QED) is 0.745. The topological polar surface area (TPSA) is 77.2 Å². The van der Waals surface area contributed by atoms with Crippen molar-refractivity contribution < 1.29 is 14.6 Å². The van der Waals surface area contributed by atoms with Crippen molar-refractivity contribution in [3.63, 3.8) is 0 Å². The Morgan fingerprint density at radius 1 is 1.71 bits per heavy atom. The lowest BCUT2D eigenvalue weighted by Gasteiger charge is -2.08. The maximum Gasteiger partial charge on any atom is 0.329 e. The Hall–Kier alpha value is -1.43. The van der Waals surface area contributed by atoms with Gasteiger partial charge in [-0.3, -0.25) is 0 Å². The van der Waals surface area contributed by atoms with Crippen LogP contribution in [0, 0.1) is 0 Å². The molecule has 0 aliphatic heterocycles. The zero-order valence-corrected chi connectivity index (χ0v) is 8.17. The van der Waals surface area contributed by atoms with E-state index in [2.05, 4.69) is 10.1 Å². The van der Waals surface area contributed by atoms with Gasteiger partial charge in [-0.15, -0.1) is 0 Å². The molecular formula is C8H13N3O3. The first-order valence-electron chi connectivity index (χ1n) is 4.29. The highest BCUT2D eigenvalue weighted by Crippen LogP contribution is 2.05. The van der Waals surface area contributed by atoms with Crippen molar-refractivity contribution in [2.24, 2.45) is 0 Å². The number of hydrogen-bond donors (Lipinski definition) is 1. The molecule has 6 nitrogen and oxygen atoms in total. The summed E-state index contributed by atoms with van der Waals surface area (Å²) >= 11 is 0. The molecule has 0 unspecified atom stereocenters. The Morgan fingerprint density at radius 3 is 3.00 bits per heavy atom. The SMILES string of the molecule is CC(C)n1ncnc1COCC(=O)O. The van der Waals surface area contributed by atoms with Crippen LogP contribution in [0.1, 0.15) is 25.7 Å². The molecule has 1 rings (SSSR count). The predicted octanol–water partition coefficient (Wildman–Crippen LogP) is 0.460. The van der Waals surface area contributed by atoms with Crippen LogP contribution in [-0.2, 0) is 16.1 Å². The van der Waals surface area contributed by atoms with Crippen LogP contribution in [0.15, 0.2) is 6.33 Å². The van der Waals surface area contributed by atoms with Crippen molar-refractivity contribution in [3.05, 3.63) is 12.2 Å². The molecular weight excluding hydrogens is 186 g/mol. The van der Waals surface area contributed by atoms with Gasteiger partial charge in [0.25, 0.3) is 0 Å². The molecule has 1 N–H and O–H groups in total. The van der Waals surface area contributed by atoms with Gasteiger partial charge >= 0.3 is 5.97 Å². The second-order valence-corrected chi connectivity index (χ2v) is 3.10. The molecule has 6 heteroatoms. The molecule has 78 valence electrons. The third-order valence-corrected chi connectivity index (χ3v) is 1.59. The summed E-state index contributed by atoms with van der Waals surface area (Å²) in [5.74, 6) is -0.345. The van der Waals surface area contributed by atoms with E-state index in [4.69, 9.17) is 9.84 Å². The number of carboxylic acids is 1. The minimum atomic E-state index is -0.986. The van der Waals surface area contributed by atoms with Gasteiger partial charge in [0.1, 0.15) is 19.5 Å². The van der Waals surface area contributed by atoms with E-state index in [0.29, 0.717) is 5.82 Å². The molecule has 14 heavy (non-hydrogen) atoms. The fraction of sp³-hybridized carbons (Fsp3) is 0.625. The van der Waals surface area contributed by atoms with Gasteiger partial charge in [0.15, 0.2) is 5.82 Å². The molecule has 0 aliphatic carbocycles. The van der Waals surface area contributed by atoms with E-state index in [0.717, 1.165) is 0 Å². The lowest BCUT2D eigenvalue weighted by molar-refractivity contribution is -0.142. The van der Waals surface area contributed by atoms with Crippen molar-refractivity contribution in [1.29, 1.82) is 0 Å². The predicted molar refractivity (Wildman–Crippen MR) is 47.7 cm³/mol. The largest absolute Gasteiger partial charge is 0.480 e. The lowest BCUT2D eigenvalue weighted by atomic mass is 10.4. The van der Waals surface area contributed by atoms with Crippen LogP contribution in [0.2, 0.25) is 0 Å². The van der Waals surface area contributed by atoms with Crippen LogP contribution in [0.5, 0.6) is 0 Å². The summed E-state index contributed by atoms with van der Waals surface area (Å²) in [6.45, 7) is 3.79. The number of carbonyl (C=O) groups is 1. The number of hydrogen-bond acceptors (Lipinski definition) is 4. The molecule has 1 heterocycles. The van der Waals surface area contributed by atoms with Crippen LogP contribution < -0.4 is 0 Å². The van der Waals surface area contributed by atoms with Gasteiger partial charge in [-0.1, -0.05) is 0 Å². The van der Waals surface area contributed by atoms with Gasteiger partial charge in [0.05, 0.1) is 0 Å². The number of aromatic nitrogens is 3. The number of aliphatic carboxylic acids is 1. The highest BCUT2D eigenvalue weighted by atomic mass is 16.5. The molecule has 0 aliphatic rings. The van der Waals surface area contributed by atoms with Crippen LogP contribution in [0.4, 0.5) is 0 Å². The molecule has 0 bridgehead atoms. The maximum atomic E-state index is 10.2. The third kappa shape index (κ3) is 2.81. The third-order valence-electron chi connectivity index (χ3n) is 1.59. The van der Waals surface area contributed by atoms with E-state index >= 15 is 0 Å². The summed E-state index contributed by atoms with van der Waals surface area (Å²) in [7, 11) is 0. The Morgan fingerprint density at radius 2 is 2.43 bits per heavy atom. The average molecular weight is 199 g/mol. The first kappa shape index (κ1) is 10.6. The van der Waals surface area contributed by atoms with Crippen LogP contribution >= 0.6 is 0 Å². The van der Waals surface area contributed by atoms with Gasteiger partial charge in [0, 0.05) is 6.04 Å². The summed E-state index contributed by atoms with van der Waals surface area (Å²) in [5, 5.41) is 12.3. The lowest BCUT2D eigenvalue weighted by Crippen LogP contribution is -2.12. The fourth-order valence-corrected chi connectivity index (χ4v) is 1.04. The van der Waals surface area contributed by atoms with E-state index < -0.39 is 5.97 Å². The monoisotopic (exact) mass is 199 g/mol. The van der Waals surface area contributed by atoms with Crippen molar-refractivity contribution >= 4 is 5.97 Å². The van der Waals surface area contributed by atoms with Gasteiger partial charge in [-0.25, -0.2) is 14.5 Å². The van der Waals surface area contributed by atoms with E-state index in [1.54, 1.807) is 4.68 Å². The maximum absolute atomic E-state index is 10.2. The van der Waals surface area contributed by atoms with Gasteiger partial charge in [0.2, 0.25) is 0 Å². The second-order valence-electron chi connectivity index (χ2n) is 3.10. The number of rotatable bonds is 5. The Kier molecular flexibility index (Phi) is 3.58. The van der Waals surface area contributed by atoms with E-state index in [1.165, 1.54) is 6.33 Å². The normalized spacial score (nSPS) is 10.8. The van der Waals surface area contributed by atoms with Gasteiger partial charge in [-0.05, 0) is 13.8 Å². The average Bonchev–Trinajstić information content (AvgIpc) is 2.51. The minimum Gasteiger partial charge on any atom is -0.480 e. The summed E-state index contributed by atoms with van der Waals surface area (Å²) in [4.78, 5) is 14.1. The van der Waals surface area contributed by atoms with Crippen molar-refractivity contribution in [1.82, 2.24) is 14.8 Å². The molecule has 0 saturated carbocycles. The van der Waals surface area contributed by atoms with Gasteiger partial charge < -0.3 is 9.84 Å². The van der Waals surface area contributed by atoms with E-state index in [-0.39, 0.29) is 19.3 Å². The fourth-order valence-electron chi connectivity index (χ4n) is 1.04. The molecule has 0 saturated heterocycles. The van der Waals surface area contributed by atoms with E-state index in [9.17, 15) is 4.79 Å². The highest BCUT2D eigenvalue weighted by Gasteiger charge is 2.07. The Labute approximate surface area is 81.5 Å². The number of carboxylic acid groups (broad SMARTS) is 1. The highest BCUT2D eigenvalue weighted by molar-refractivity contribution is 5.67. The number of nitrogens with zero attached hydrogens (tertiary/aromatic N) is 3. The van der Waals surface area contributed by atoms with Crippen molar-refractivity contribution in [2.45, 2.75) is 26.5 Å². The van der Waals surface area contributed by atoms with Crippen molar-refractivity contribution in [3.8, 4) is 0 Å². The minimum absolute atomic E-state index is 0.171. The first-order chi connectivity index (χ1) is 6.61. The molecule has 0 amide bonds. The van der Waals surface area contributed by atoms with Crippen LogP contribution in [-0.4, -0.2) is 32.4 Å². The van der Waals surface area contributed by atoms with Gasteiger partial charge in [-0.2, -0.15) is 5.10 Å². The molecule has 1 aromatic heterocycles. The zero-order valence-electron chi connectivity index (χ0n) is 8.17. The summed E-state index contributed by atoms with van der Waals surface area (Å²) in [6, 6.07) is 0.195. The molecule has 0 spiro atoms. The standard InChI is InChI=1S/C8H13N3O3/c1-6(2)11-7(9-5-10-11)3-14-4-8(12)13/h5-6H,3-4H2,1-2H3,(H,12,13). The smallest absolute Gasteiger partial charge is 0.329 e. The number of ether oxygens (including phenoxy) is 1. The molecule has 0 fully saturated rings. The first-order valence-corrected chi connectivity index (χ1v) is 4.29. The van der Waals surface area contributed by atoms with Crippen LogP contribution in [0.25, 0.3) is 0 Å². The molecule has 0 aromatic carbocycles. The Balaban J connectivity index is 2.50. The summed E-state index contributed by atoms with van der Waals surface area (Å²) in [5.41, 5.74) is 0. The molecule has 1 aromatic rings. The Bertz CT molecular complexity index is 309. The van der Waals surface area contributed by atoms with E-state index in [1.807, 2.05) is 13.8 Å². The van der Waals surface area contributed by atoms with Crippen LogP contribution in [0.3, 0.4) is 0 Å². The van der Waals surface area contributed by atoms with Crippen molar-refractivity contribution in [2.75, 3.05) is 6.61 Å². The molecule has 0 atom stereocenters. The second kappa shape index (κ2) is 4.71. The summed E-state index contributed by atoms with van der Waals surface area (Å²) in [6.07, 6.45) is 1.43. The zero-order chi connectivity index (χ0) is 10.6.